The largest absolute Gasteiger partial charge is 0.340 e. The van der Waals surface area contributed by atoms with Crippen molar-refractivity contribution in [3.63, 3.8) is 0 Å². The molecule has 0 unspecified atom stereocenters. The van der Waals surface area contributed by atoms with Crippen LogP contribution in [-0.2, 0) is 19.6 Å². The molecular formula is C18H23N5O4S2. The number of sulfonamides is 1. The number of piperazine rings is 1. The lowest BCUT2D eigenvalue weighted by molar-refractivity contribution is -0.133. The van der Waals surface area contributed by atoms with Crippen LogP contribution in [0.3, 0.4) is 0 Å². The zero-order valence-corrected chi connectivity index (χ0v) is 17.9. The molecule has 0 saturated carbocycles. The van der Waals surface area contributed by atoms with Crippen LogP contribution >= 0.6 is 11.3 Å². The second-order valence-corrected chi connectivity index (χ2v) is 9.59. The van der Waals surface area contributed by atoms with E-state index in [1.165, 1.54) is 21.2 Å². The molecule has 1 aliphatic rings. The number of carbonyl (C=O) groups is 2. The molecule has 2 amide bonds. The number of hydrogen-bond acceptors (Lipinski definition) is 7. The van der Waals surface area contributed by atoms with Gasteiger partial charge in [0, 0.05) is 39.0 Å². The van der Waals surface area contributed by atoms with E-state index >= 15 is 0 Å². The molecule has 29 heavy (non-hydrogen) atoms. The van der Waals surface area contributed by atoms with Crippen molar-refractivity contribution in [2.24, 2.45) is 0 Å². The average molecular weight is 438 g/mol. The van der Waals surface area contributed by atoms with Crippen molar-refractivity contribution >= 4 is 38.3 Å². The van der Waals surface area contributed by atoms with Crippen molar-refractivity contribution in [2.45, 2.75) is 31.6 Å². The number of aromatic nitrogens is 2. The molecule has 0 aliphatic carbocycles. The standard InChI is InChI=1S/C18H23N5O4S2/c1-13-3-4-14(2)15(11-13)29(26,27)23-9-7-22(8-10-23)17(25)6-5-16(24)20-18-21-19-12-28-18/h3-4,11-12H,5-10H2,1-2H3,(H,20,21,24). The molecule has 1 aliphatic heterocycles. The lowest BCUT2D eigenvalue weighted by atomic mass is 10.2. The van der Waals surface area contributed by atoms with Crippen molar-refractivity contribution in [1.29, 1.82) is 0 Å². The van der Waals surface area contributed by atoms with Crippen LogP contribution in [0.4, 0.5) is 5.13 Å². The van der Waals surface area contributed by atoms with E-state index in [-0.39, 0.29) is 37.7 Å². The summed E-state index contributed by atoms with van der Waals surface area (Å²) in [5.74, 6) is -0.465. The van der Waals surface area contributed by atoms with E-state index < -0.39 is 10.0 Å². The second-order valence-electron chi connectivity index (χ2n) is 6.85. The van der Waals surface area contributed by atoms with Gasteiger partial charge in [0.05, 0.1) is 4.90 Å². The van der Waals surface area contributed by atoms with Crippen LogP contribution in [0, 0.1) is 13.8 Å². The Morgan fingerprint density at radius 3 is 2.52 bits per heavy atom. The first-order valence-corrected chi connectivity index (χ1v) is 11.5. The minimum atomic E-state index is -3.60. The third kappa shape index (κ3) is 5.17. The van der Waals surface area contributed by atoms with Crippen LogP contribution < -0.4 is 5.32 Å². The number of nitrogens with zero attached hydrogens (tertiary/aromatic N) is 4. The lowest BCUT2D eigenvalue weighted by Gasteiger charge is -2.34. The smallest absolute Gasteiger partial charge is 0.243 e. The van der Waals surface area contributed by atoms with Crippen LogP contribution in [0.1, 0.15) is 24.0 Å². The highest BCUT2D eigenvalue weighted by Gasteiger charge is 2.31. The molecule has 156 valence electrons. The summed E-state index contributed by atoms with van der Waals surface area (Å²) >= 11 is 1.20. The predicted molar refractivity (Wildman–Crippen MR) is 109 cm³/mol. The van der Waals surface area contributed by atoms with Crippen LogP contribution in [0.5, 0.6) is 0 Å². The normalized spacial score (nSPS) is 15.3. The maximum atomic E-state index is 13.0. The number of hydrogen-bond donors (Lipinski definition) is 1. The Balaban J connectivity index is 1.52. The van der Waals surface area contributed by atoms with E-state index in [0.717, 1.165) is 5.56 Å². The maximum Gasteiger partial charge on any atom is 0.243 e. The molecule has 11 heteroatoms. The van der Waals surface area contributed by atoms with E-state index in [1.807, 2.05) is 13.0 Å². The Hall–Kier alpha value is -2.37. The molecule has 0 atom stereocenters. The number of amides is 2. The highest BCUT2D eigenvalue weighted by Crippen LogP contribution is 2.22. The first kappa shape index (κ1) is 21.3. The van der Waals surface area contributed by atoms with Gasteiger partial charge in [0.15, 0.2) is 0 Å². The van der Waals surface area contributed by atoms with E-state index in [2.05, 4.69) is 15.5 Å². The summed E-state index contributed by atoms with van der Waals surface area (Å²) in [5.41, 5.74) is 3.09. The molecule has 1 aromatic heterocycles. The van der Waals surface area contributed by atoms with Gasteiger partial charge in [-0.05, 0) is 31.0 Å². The van der Waals surface area contributed by atoms with Gasteiger partial charge in [-0.1, -0.05) is 23.5 Å². The van der Waals surface area contributed by atoms with Gasteiger partial charge in [0.1, 0.15) is 5.51 Å². The van der Waals surface area contributed by atoms with Crippen molar-refractivity contribution in [3.8, 4) is 0 Å². The number of carbonyl (C=O) groups excluding carboxylic acids is 2. The molecule has 1 N–H and O–H groups in total. The fourth-order valence-corrected chi connectivity index (χ4v) is 5.28. The Kier molecular flexibility index (Phi) is 6.60. The molecule has 2 heterocycles. The van der Waals surface area contributed by atoms with E-state index in [1.54, 1.807) is 24.0 Å². The molecule has 0 spiro atoms. The van der Waals surface area contributed by atoms with Crippen molar-refractivity contribution in [2.75, 3.05) is 31.5 Å². The summed E-state index contributed by atoms with van der Waals surface area (Å²) in [6, 6.07) is 5.36. The number of anilines is 1. The monoisotopic (exact) mass is 437 g/mol. The topological polar surface area (TPSA) is 113 Å². The van der Waals surface area contributed by atoms with Gasteiger partial charge in [-0.15, -0.1) is 10.2 Å². The van der Waals surface area contributed by atoms with Crippen LogP contribution in [0.2, 0.25) is 0 Å². The maximum absolute atomic E-state index is 13.0. The van der Waals surface area contributed by atoms with Crippen LogP contribution in [-0.4, -0.2) is 65.8 Å². The summed E-state index contributed by atoms with van der Waals surface area (Å²) in [7, 11) is -3.60. The Bertz CT molecular complexity index is 984. The van der Waals surface area contributed by atoms with Crippen molar-refractivity contribution in [3.05, 3.63) is 34.8 Å². The van der Waals surface area contributed by atoms with Crippen LogP contribution in [0.25, 0.3) is 0 Å². The Labute approximate surface area is 173 Å². The number of rotatable bonds is 6. The first-order chi connectivity index (χ1) is 13.8. The van der Waals surface area contributed by atoms with E-state index in [4.69, 9.17) is 0 Å². The molecule has 9 nitrogen and oxygen atoms in total. The van der Waals surface area contributed by atoms with Crippen molar-refractivity contribution in [1.82, 2.24) is 19.4 Å². The fraction of sp³-hybridized carbons (Fsp3) is 0.444. The minimum absolute atomic E-state index is 0.0411. The molecule has 2 aromatic rings. The quantitative estimate of drug-likeness (QED) is 0.731. The zero-order valence-electron chi connectivity index (χ0n) is 16.3. The summed E-state index contributed by atoms with van der Waals surface area (Å²) in [4.78, 5) is 26.2. The highest BCUT2D eigenvalue weighted by molar-refractivity contribution is 7.89. The van der Waals surface area contributed by atoms with Gasteiger partial charge in [-0.3, -0.25) is 9.59 Å². The SMILES string of the molecule is Cc1ccc(C)c(S(=O)(=O)N2CCN(C(=O)CCC(=O)Nc3nncs3)CC2)c1. The second kappa shape index (κ2) is 8.97. The van der Waals surface area contributed by atoms with E-state index in [0.29, 0.717) is 28.7 Å². The first-order valence-electron chi connectivity index (χ1n) is 9.18. The predicted octanol–water partition coefficient (Wildman–Crippen LogP) is 1.41. The van der Waals surface area contributed by atoms with Gasteiger partial charge in [-0.25, -0.2) is 8.42 Å². The Morgan fingerprint density at radius 2 is 1.86 bits per heavy atom. The van der Waals surface area contributed by atoms with E-state index in [9.17, 15) is 18.0 Å². The molecule has 1 saturated heterocycles. The van der Waals surface area contributed by atoms with Gasteiger partial charge in [-0.2, -0.15) is 4.31 Å². The molecule has 0 bridgehead atoms. The van der Waals surface area contributed by atoms with Gasteiger partial charge in [0.25, 0.3) is 0 Å². The Morgan fingerprint density at radius 1 is 1.14 bits per heavy atom. The molecule has 1 aromatic carbocycles. The third-order valence-electron chi connectivity index (χ3n) is 4.73. The van der Waals surface area contributed by atoms with Gasteiger partial charge in [0.2, 0.25) is 27.0 Å². The summed E-state index contributed by atoms with van der Waals surface area (Å²) in [6.45, 7) is 4.72. The molecule has 3 rings (SSSR count). The third-order valence-corrected chi connectivity index (χ3v) is 7.37. The number of benzene rings is 1. The summed E-state index contributed by atoms with van der Waals surface area (Å²) in [6.07, 6.45) is 0.105. The lowest BCUT2D eigenvalue weighted by Crippen LogP contribution is -2.50. The summed E-state index contributed by atoms with van der Waals surface area (Å²) < 4.78 is 27.3. The fourth-order valence-electron chi connectivity index (χ4n) is 3.09. The number of nitrogens with one attached hydrogen (secondary N) is 1. The van der Waals surface area contributed by atoms with Crippen LogP contribution in [0.15, 0.2) is 28.6 Å². The summed E-state index contributed by atoms with van der Waals surface area (Å²) in [5, 5.41) is 10.3. The van der Waals surface area contributed by atoms with Gasteiger partial charge < -0.3 is 10.2 Å². The highest BCUT2D eigenvalue weighted by atomic mass is 32.2. The van der Waals surface area contributed by atoms with Gasteiger partial charge >= 0.3 is 0 Å². The molecule has 1 fully saturated rings. The van der Waals surface area contributed by atoms with Crippen molar-refractivity contribution < 1.29 is 18.0 Å². The average Bonchev–Trinajstić information content (AvgIpc) is 3.21. The molecule has 0 radical (unpaired) electrons. The zero-order chi connectivity index (χ0) is 21.0. The number of aryl methyl sites for hydroxylation is 2. The minimum Gasteiger partial charge on any atom is -0.340 e. The molecular weight excluding hydrogens is 414 g/mol.